The predicted molar refractivity (Wildman–Crippen MR) is 76.4 cm³/mol. The number of carbonyl (C=O) groups is 1. The van der Waals surface area contributed by atoms with E-state index in [1.165, 1.54) is 12.1 Å². The Morgan fingerprint density at radius 1 is 1.43 bits per heavy atom. The Hall–Kier alpha value is -1.33. The number of benzene rings is 1. The lowest BCUT2D eigenvalue weighted by atomic mass is 10.1. The molecule has 0 saturated carbocycles. The minimum atomic E-state index is -1.05. The number of ether oxygens (including phenoxy) is 1. The zero-order valence-electron chi connectivity index (χ0n) is 12.4. The molecule has 0 bridgehead atoms. The Morgan fingerprint density at radius 2 is 2.19 bits per heavy atom. The molecule has 1 heterocycles. The molecule has 0 spiro atoms. The smallest absolute Gasteiger partial charge is 0.169 e. The van der Waals surface area contributed by atoms with E-state index in [0.717, 1.165) is 19.0 Å². The van der Waals surface area contributed by atoms with Gasteiger partial charge in [0, 0.05) is 25.6 Å². The second-order valence-corrected chi connectivity index (χ2v) is 5.48. The predicted octanol–water partition coefficient (Wildman–Crippen LogP) is 3.04. The van der Waals surface area contributed by atoms with E-state index in [1.807, 2.05) is 6.92 Å². The first-order chi connectivity index (χ1) is 10.0. The van der Waals surface area contributed by atoms with Crippen LogP contribution in [0.15, 0.2) is 18.2 Å². The maximum absolute atomic E-state index is 13.6. The molecule has 5 heteroatoms. The van der Waals surface area contributed by atoms with Crippen molar-refractivity contribution in [3.05, 3.63) is 35.4 Å². The van der Waals surface area contributed by atoms with Crippen molar-refractivity contribution in [1.82, 2.24) is 4.90 Å². The van der Waals surface area contributed by atoms with E-state index in [4.69, 9.17) is 4.74 Å². The molecule has 3 nitrogen and oxygen atoms in total. The first kappa shape index (κ1) is 16.0. The average Bonchev–Trinajstić information content (AvgIpc) is 2.47. The number of morpholine rings is 1. The first-order valence-corrected chi connectivity index (χ1v) is 7.35. The van der Waals surface area contributed by atoms with Crippen LogP contribution in [-0.2, 0) is 4.74 Å². The van der Waals surface area contributed by atoms with E-state index in [1.54, 1.807) is 0 Å². The molecule has 2 rings (SSSR count). The summed E-state index contributed by atoms with van der Waals surface area (Å²) in [6.07, 6.45) is 1.26. The highest BCUT2D eigenvalue weighted by Gasteiger charge is 2.26. The topological polar surface area (TPSA) is 29.5 Å². The number of hydrogen-bond donors (Lipinski definition) is 0. The van der Waals surface area contributed by atoms with Crippen molar-refractivity contribution in [2.45, 2.75) is 38.8 Å². The summed E-state index contributed by atoms with van der Waals surface area (Å²) in [6, 6.07) is 3.99. The first-order valence-electron chi connectivity index (χ1n) is 7.35. The van der Waals surface area contributed by atoms with Gasteiger partial charge in [-0.05, 0) is 25.5 Å². The fourth-order valence-electron chi connectivity index (χ4n) is 2.66. The minimum Gasteiger partial charge on any atom is -0.376 e. The molecule has 0 N–H and O–H groups in total. The van der Waals surface area contributed by atoms with Crippen molar-refractivity contribution in [1.29, 1.82) is 0 Å². The molecule has 2 atom stereocenters. The maximum atomic E-state index is 13.6. The van der Waals surface area contributed by atoms with Crippen LogP contribution in [0, 0.1) is 11.6 Å². The Bertz CT molecular complexity index is 507. The number of Topliss-reactive ketones (excluding diaryl/α,β-unsaturated/α-hetero) is 1. The average molecular weight is 297 g/mol. The lowest BCUT2D eigenvalue weighted by molar-refractivity contribution is -0.0553. The van der Waals surface area contributed by atoms with E-state index in [9.17, 15) is 13.6 Å². The highest BCUT2D eigenvalue weighted by atomic mass is 19.2. The normalized spacial score (nSPS) is 23.2. The summed E-state index contributed by atoms with van der Waals surface area (Å²) in [6.45, 7) is 6.02. The SMILES string of the molecule is CCC1COC(C)CN1CCC(=O)c1cccc(F)c1F. The molecule has 1 fully saturated rings. The van der Waals surface area contributed by atoms with Crippen molar-refractivity contribution in [2.75, 3.05) is 19.7 Å². The highest BCUT2D eigenvalue weighted by molar-refractivity contribution is 5.96. The lowest BCUT2D eigenvalue weighted by Gasteiger charge is -2.38. The van der Waals surface area contributed by atoms with Gasteiger partial charge in [-0.2, -0.15) is 0 Å². The van der Waals surface area contributed by atoms with Crippen LogP contribution in [0.5, 0.6) is 0 Å². The molecule has 1 aliphatic rings. The number of halogens is 2. The molecular weight excluding hydrogens is 276 g/mol. The van der Waals surface area contributed by atoms with E-state index in [2.05, 4.69) is 11.8 Å². The quantitative estimate of drug-likeness (QED) is 0.782. The molecule has 116 valence electrons. The zero-order valence-corrected chi connectivity index (χ0v) is 12.4. The Labute approximate surface area is 123 Å². The number of ketones is 1. The van der Waals surface area contributed by atoms with Gasteiger partial charge >= 0.3 is 0 Å². The van der Waals surface area contributed by atoms with E-state index >= 15 is 0 Å². The summed E-state index contributed by atoms with van der Waals surface area (Å²) in [5.41, 5.74) is -0.163. The molecule has 21 heavy (non-hydrogen) atoms. The molecule has 0 aliphatic carbocycles. The van der Waals surface area contributed by atoms with Crippen LogP contribution in [-0.4, -0.2) is 42.5 Å². The summed E-state index contributed by atoms with van der Waals surface area (Å²) in [4.78, 5) is 14.3. The van der Waals surface area contributed by atoms with Gasteiger partial charge in [0.05, 0.1) is 18.3 Å². The summed E-state index contributed by atoms with van der Waals surface area (Å²) in [7, 11) is 0. The highest BCUT2D eigenvalue weighted by Crippen LogP contribution is 2.17. The number of nitrogens with zero attached hydrogens (tertiary/aromatic N) is 1. The largest absolute Gasteiger partial charge is 0.376 e. The molecule has 1 aromatic rings. The van der Waals surface area contributed by atoms with Crippen LogP contribution < -0.4 is 0 Å². The van der Waals surface area contributed by atoms with Gasteiger partial charge in [-0.15, -0.1) is 0 Å². The maximum Gasteiger partial charge on any atom is 0.169 e. The zero-order chi connectivity index (χ0) is 15.4. The van der Waals surface area contributed by atoms with Crippen LogP contribution in [0.3, 0.4) is 0 Å². The Morgan fingerprint density at radius 3 is 2.90 bits per heavy atom. The fraction of sp³-hybridized carbons (Fsp3) is 0.562. The second-order valence-electron chi connectivity index (χ2n) is 5.48. The third-order valence-electron chi connectivity index (χ3n) is 3.93. The van der Waals surface area contributed by atoms with Crippen LogP contribution in [0.25, 0.3) is 0 Å². The number of rotatable bonds is 5. The van der Waals surface area contributed by atoms with Crippen molar-refractivity contribution in [3.8, 4) is 0 Å². The van der Waals surface area contributed by atoms with Gasteiger partial charge in [-0.1, -0.05) is 13.0 Å². The van der Waals surface area contributed by atoms with E-state index in [-0.39, 0.29) is 29.9 Å². The van der Waals surface area contributed by atoms with Crippen LogP contribution in [0.2, 0.25) is 0 Å². The summed E-state index contributed by atoms with van der Waals surface area (Å²) < 4.78 is 32.3. The molecule has 0 radical (unpaired) electrons. The van der Waals surface area contributed by atoms with Gasteiger partial charge in [-0.25, -0.2) is 8.78 Å². The van der Waals surface area contributed by atoms with Gasteiger partial charge in [0.1, 0.15) is 0 Å². The molecular formula is C16H21F2NO2. The van der Waals surface area contributed by atoms with Crippen molar-refractivity contribution in [2.24, 2.45) is 0 Å². The Kier molecular flexibility index (Phi) is 5.42. The van der Waals surface area contributed by atoms with Gasteiger partial charge in [-0.3, -0.25) is 9.69 Å². The van der Waals surface area contributed by atoms with Gasteiger partial charge < -0.3 is 4.74 Å². The third-order valence-corrected chi connectivity index (χ3v) is 3.93. The van der Waals surface area contributed by atoms with Gasteiger partial charge in [0.25, 0.3) is 0 Å². The van der Waals surface area contributed by atoms with Crippen molar-refractivity contribution < 1.29 is 18.3 Å². The second kappa shape index (κ2) is 7.09. The van der Waals surface area contributed by atoms with Crippen LogP contribution >= 0.6 is 0 Å². The van der Waals surface area contributed by atoms with Crippen molar-refractivity contribution >= 4 is 5.78 Å². The molecule has 2 unspecified atom stereocenters. The van der Waals surface area contributed by atoms with Gasteiger partial charge in [0.2, 0.25) is 0 Å². The molecule has 0 amide bonds. The van der Waals surface area contributed by atoms with E-state index < -0.39 is 11.6 Å². The van der Waals surface area contributed by atoms with E-state index in [0.29, 0.717) is 13.2 Å². The number of carbonyl (C=O) groups excluding carboxylic acids is 1. The van der Waals surface area contributed by atoms with Crippen LogP contribution in [0.4, 0.5) is 8.78 Å². The third kappa shape index (κ3) is 3.86. The summed E-state index contributed by atoms with van der Waals surface area (Å²) >= 11 is 0. The van der Waals surface area contributed by atoms with Crippen molar-refractivity contribution in [3.63, 3.8) is 0 Å². The van der Waals surface area contributed by atoms with Gasteiger partial charge in [0.15, 0.2) is 17.4 Å². The summed E-state index contributed by atoms with van der Waals surface area (Å²) in [5, 5.41) is 0. The Balaban J connectivity index is 1.98. The minimum absolute atomic E-state index is 0.133. The monoisotopic (exact) mass is 297 g/mol. The van der Waals surface area contributed by atoms with Crippen LogP contribution in [0.1, 0.15) is 37.0 Å². The summed E-state index contributed by atoms with van der Waals surface area (Å²) in [5.74, 6) is -2.39. The fourth-order valence-corrected chi connectivity index (χ4v) is 2.66. The molecule has 1 aromatic carbocycles. The molecule has 1 aliphatic heterocycles. The molecule has 1 saturated heterocycles. The standard InChI is InChI=1S/C16H21F2NO2/c1-3-12-10-21-11(2)9-19(12)8-7-15(20)13-5-4-6-14(17)16(13)18/h4-6,11-12H,3,7-10H2,1-2H3. The molecule has 0 aromatic heterocycles. The lowest BCUT2D eigenvalue weighted by Crippen LogP contribution is -2.49. The number of hydrogen-bond acceptors (Lipinski definition) is 3.